The zero-order valence-electron chi connectivity index (χ0n) is 13.6. The van der Waals surface area contributed by atoms with E-state index >= 15 is 0 Å². The molecule has 1 aliphatic heterocycles. The van der Waals surface area contributed by atoms with Crippen molar-refractivity contribution in [2.45, 2.75) is 13.3 Å². The third-order valence-electron chi connectivity index (χ3n) is 3.81. The number of carbonyl (C=O) groups is 2. The molecule has 1 aliphatic rings. The van der Waals surface area contributed by atoms with Crippen LogP contribution in [-0.2, 0) is 4.79 Å². The summed E-state index contributed by atoms with van der Waals surface area (Å²) in [5.41, 5.74) is 7.28. The number of primary amides is 1. The number of halogens is 1. The lowest BCUT2D eigenvalue weighted by atomic mass is 10.1. The Morgan fingerprint density at radius 2 is 2.04 bits per heavy atom. The van der Waals surface area contributed by atoms with Crippen LogP contribution in [0, 0.1) is 6.92 Å². The fourth-order valence-electron chi connectivity index (χ4n) is 2.61. The molecule has 130 valence electrons. The molecule has 0 atom stereocenters. The number of anilines is 1. The average Bonchev–Trinajstić information content (AvgIpc) is 3.04. The predicted molar refractivity (Wildman–Crippen MR) is 94.2 cm³/mol. The van der Waals surface area contributed by atoms with Gasteiger partial charge in [0.15, 0.2) is 11.5 Å². The zero-order valence-corrected chi connectivity index (χ0v) is 14.4. The first-order valence-corrected chi connectivity index (χ1v) is 8.09. The first kappa shape index (κ1) is 17.1. The van der Waals surface area contributed by atoms with Gasteiger partial charge in [-0.15, -0.1) is 0 Å². The van der Waals surface area contributed by atoms with Gasteiger partial charge in [0.2, 0.25) is 12.7 Å². The van der Waals surface area contributed by atoms with Crippen molar-refractivity contribution in [3.05, 3.63) is 52.5 Å². The first-order chi connectivity index (χ1) is 12.0. The molecule has 2 aromatic carbocycles. The molecule has 0 saturated carbocycles. The maximum atomic E-state index is 13.0. The van der Waals surface area contributed by atoms with Crippen molar-refractivity contribution in [2.75, 3.05) is 18.2 Å². The Bertz CT molecular complexity index is 838. The highest BCUT2D eigenvalue weighted by Gasteiger charge is 2.24. The van der Waals surface area contributed by atoms with Gasteiger partial charge in [0, 0.05) is 24.2 Å². The summed E-state index contributed by atoms with van der Waals surface area (Å²) in [6.07, 6.45) is 0.0535. The van der Waals surface area contributed by atoms with Crippen LogP contribution in [-0.4, -0.2) is 25.2 Å². The SMILES string of the molecule is Cc1cccc(N(CCC(N)=O)C(=O)c2cc(Cl)c3c(c2)OCO3)c1. The number of hydrogen-bond donors (Lipinski definition) is 1. The third-order valence-corrected chi connectivity index (χ3v) is 4.10. The van der Waals surface area contributed by atoms with Gasteiger partial charge < -0.3 is 20.1 Å². The Kier molecular flexibility index (Phi) is 4.81. The van der Waals surface area contributed by atoms with E-state index < -0.39 is 5.91 Å². The molecule has 0 fully saturated rings. The lowest BCUT2D eigenvalue weighted by molar-refractivity contribution is -0.117. The van der Waals surface area contributed by atoms with E-state index in [4.69, 9.17) is 26.8 Å². The Labute approximate surface area is 150 Å². The summed E-state index contributed by atoms with van der Waals surface area (Å²) >= 11 is 6.17. The summed E-state index contributed by atoms with van der Waals surface area (Å²) in [5, 5.41) is 0.303. The molecule has 25 heavy (non-hydrogen) atoms. The molecule has 0 saturated heterocycles. The number of rotatable bonds is 5. The van der Waals surface area contributed by atoms with Crippen LogP contribution in [0.15, 0.2) is 36.4 Å². The molecule has 0 radical (unpaired) electrons. The van der Waals surface area contributed by atoms with Gasteiger partial charge >= 0.3 is 0 Å². The summed E-state index contributed by atoms with van der Waals surface area (Å²) < 4.78 is 10.6. The van der Waals surface area contributed by atoms with Crippen LogP contribution in [0.1, 0.15) is 22.3 Å². The van der Waals surface area contributed by atoms with Crippen molar-refractivity contribution >= 4 is 29.1 Å². The topological polar surface area (TPSA) is 81.9 Å². The van der Waals surface area contributed by atoms with Crippen LogP contribution in [0.2, 0.25) is 5.02 Å². The minimum absolute atomic E-state index is 0.0535. The van der Waals surface area contributed by atoms with E-state index in [0.29, 0.717) is 27.8 Å². The first-order valence-electron chi connectivity index (χ1n) is 7.71. The van der Waals surface area contributed by atoms with Crippen molar-refractivity contribution in [2.24, 2.45) is 5.73 Å². The minimum Gasteiger partial charge on any atom is -0.454 e. The Hall–Kier alpha value is -2.73. The minimum atomic E-state index is -0.478. The number of hydrogen-bond acceptors (Lipinski definition) is 4. The summed E-state index contributed by atoms with van der Waals surface area (Å²) in [5.74, 6) is 0.0774. The lowest BCUT2D eigenvalue weighted by Crippen LogP contribution is -2.34. The second-order valence-electron chi connectivity index (χ2n) is 5.70. The Morgan fingerprint density at radius 1 is 1.24 bits per heavy atom. The summed E-state index contributed by atoms with van der Waals surface area (Å²) in [4.78, 5) is 25.7. The van der Waals surface area contributed by atoms with Gasteiger partial charge in [-0.3, -0.25) is 9.59 Å². The van der Waals surface area contributed by atoms with E-state index in [1.807, 2.05) is 25.1 Å². The molecule has 2 aromatic rings. The Morgan fingerprint density at radius 3 is 2.76 bits per heavy atom. The van der Waals surface area contributed by atoms with Crippen LogP contribution in [0.5, 0.6) is 11.5 Å². The van der Waals surface area contributed by atoms with Crippen LogP contribution in [0.4, 0.5) is 5.69 Å². The largest absolute Gasteiger partial charge is 0.454 e. The summed E-state index contributed by atoms with van der Waals surface area (Å²) in [6.45, 7) is 2.16. The fraction of sp³-hybridized carbons (Fsp3) is 0.222. The van der Waals surface area contributed by atoms with Crippen LogP contribution in [0.25, 0.3) is 0 Å². The van der Waals surface area contributed by atoms with Crippen LogP contribution < -0.4 is 20.1 Å². The molecule has 7 heteroatoms. The third kappa shape index (κ3) is 3.69. The Balaban J connectivity index is 1.96. The fourth-order valence-corrected chi connectivity index (χ4v) is 2.88. The molecular formula is C18H17ClN2O4. The van der Waals surface area contributed by atoms with Gasteiger partial charge in [0.25, 0.3) is 5.91 Å². The smallest absolute Gasteiger partial charge is 0.258 e. The maximum absolute atomic E-state index is 13.0. The van der Waals surface area contributed by atoms with Crippen molar-refractivity contribution < 1.29 is 19.1 Å². The molecule has 1 heterocycles. The molecule has 6 nitrogen and oxygen atoms in total. The molecule has 0 aromatic heterocycles. The number of aryl methyl sites for hydroxylation is 1. The standard InChI is InChI=1S/C18H17ClN2O4/c1-11-3-2-4-13(7-11)21(6-5-16(20)22)18(23)12-8-14(19)17-15(9-12)24-10-25-17/h2-4,7-9H,5-6,10H2,1H3,(H2,20,22). The van der Waals surface area contributed by atoms with Gasteiger partial charge in [0.1, 0.15) is 0 Å². The molecule has 0 bridgehead atoms. The van der Waals surface area contributed by atoms with Crippen molar-refractivity contribution in [1.29, 1.82) is 0 Å². The van der Waals surface area contributed by atoms with E-state index in [2.05, 4.69) is 0 Å². The van der Waals surface area contributed by atoms with Gasteiger partial charge in [0.05, 0.1) is 5.02 Å². The molecule has 0 aliphatic carbocycles. The molecule has 2 N–H and O–H groups in total. The number of benzene rings is 2. The van der Waals surface area contributed by atoms with E-state index in [0.717, 1.165) is 5.56 Å². The highest BCUT2D eigenvalue weighted by Crippen LogP contribution is 2.40. The van der Waals surface area contributed by atoms with Crippen LogP contribution in [0.3, 0.4) is 0 Å². The monoisotopic (exact) mass is 360 g/mol. The lowest BCUT2D eigenvalue weighted by Gasteiger charge is -2.23. The summed E-state index contributed by atoms with van der Waals surface area (Å²) in [6, 6.07) is 10.6. The number of fused-ring (bicyclic) bond motifs is 1. The van der Waals surface area contributed by atoms with E-state index in [1.54, 1.807) is 12.1 Å². The molecule has 0 unspecified atom stereocenters. The molecule has 0 spiro atoms. The maximum Gasteiger partial charge on any atom is 0.258 e. The highest BCUT2D eigenvalue weighted by molar-refractivity contribution is 6.33. The van der Waals surface area contributed by atoms with Crippen LogP contribution >= 0.6 is 11.6 Å². The second-order valence-corrected chi connectivity index (χ2v) is 6.11. The number of nitrogens with zero attached hydrogens (tertiary/aromatic N) is 1. The number of ether oxygens (including phenoxy) is 2. The van der Waals surface area contributed by atoms with E-state index in [1.165, 1.54) is 11.0 Å². The highest BCUT2D eigenvalue weighted by atomic mass is 35.5. The quantitative estimate of drug-likeness (QED) is 0.888. The molecule has 3 rings (SSSR count). The van der Waals surface area contributed by atoms with Gasteiger partial charge in [-0.1, -0.05) is 23.7 Å². The van der Waals surface area contributed by atoms with Crippen molar-refractivity contribution in [3.63, 3.8) is 0 Å². The number of carbonyl (C=O) groups excluding carboxylic acids is 2. The average molecular weight is 361 g/mol. The zero-order chi connectivity index (χ0) is 18.0. The molecule has 2 amide bonds. The van der Waals surface area contributed by atoms with E-state index in [-0.39, 0.29) is 25.7 Å². The van der Waals surface area contributed by atoms with Gasteiger partial charge in [-0.2, -0.15) is 0 Å². The predicted octanol–water partition coefficient (Wildman–Crippen LogP) is 2.90. The number of amides is 2. The number of nitrogens with two attached hydrogens (primary N) is 1. The summed E-state index contributed by atoms with van der Waals surface area (Å²) in [7, 11) is 0. The van der Waals surface area contributed by atoms with Crippen molar-refractivity contribution in [1.82, 2.24) is 0 Å². The van der Waals surface area contributed by atoms with Crippen molar-refractivity contribution in [3.8, 4) is 11.5 Å². The van der Waals surface area contributed by atoms with Gasteiger partial charge in [-0.25, -0.2) is 0 Å². The van der Waals surface area contributed by atoms with Gasteiger partial charge in [-0.05, 0) is 36.8 Å². The molecular weight excluding hydrogens is 344 g/mol. The normalized spacial score (nSPS) is 12.1. The second kappa shape index (κ2) is 7.03. The van der Waals surface area contributed by atoms with E-state index in [9.17, 15) is 9.59 Å².